The Balaban J connectivity index is 1.40. The van der Waals surface area contributed by atoms with Gasteiger partial charge in [-0.25, -0.2) is 9.97 Å². The van der Waals surface area contributed by atoms with Crippen molar-refractivity contribution in [2.24, 2.45) is 0 Å². The van der Waals surface area contributed by atoms with Crippen LogP contribution in [0.25, 0.3) is 0 Å². The highest BCUT2D eigenvalue weighted by atomic mass is 16.5. The summed E-state index contributed by atoms with van der Waals surface area (Å²) < 4.78 is 5.11. The number of aromatic nitrogens is 3. The van der Waals surface area contributed by atoms with Crippen molar-refractivity contribution >= 4 is 5.82 Å². The number of rotatable bonds is 4. The molecule has 3 aliphatic heterocycles. The van der Waals surface area contributed by atoms with Gasteiger partial charge in [-0.1, -0.05) is 6.07 Å². The topological polar surface area (TPSA) is 54.4 Å². The van der Waals surface area contributed by atoms with Crippen LogP contribution in [0.5, 0.6) is 5.88 Å². The van der Waals surface area contributed by atoms with Crippen LogP contribution in [0.3, 0.4) is 0 Å². The minimum Gasteiger partial charge on any atom is -0.481 e. The van der Waals surface area contributed by atoms with Crippen molar-refractivity contribution in [2.75, 3.05) is 25.1 Å². The fraction of sp³-hybridized carbons (Fsp3) is 0.438. The van der Waals surface area contributed by atoms with Crippen molar-refractivity contribution in [2.45, 2.75) is 25.0 Å². The molecule has 0 spiro atoms. The molecule has 0 saturated carbocycles. The van der Waals surface area contributed by atoms with Crippen molar-refractivity contribution in [1.29, 1.82) is 0 Å². The molecule has 3 fully saturated rings. The van der Waals surface area contributed by atoms with Crippen molar-refractivity contribution in [3.05, 3.63) is 42.5 Å². The summed E-state index contributed by atoms with van der Waals surface area (Å²) in [6, 6.07) is 5.22. The molecule has 3 aliphatic rings. The van der Waals surface area contributed by atoms with Gasteiger partial charge in [-0.15, -0.1) is 0 Å². The summed E-state index contributed by atoms with van der Waals surface area (Å²) in [7, 11) is 1.64. The summed E-state index contributed by atoms with van der Waals surface area (Å²) in [6.07, 6.45) is 8.52. The van der Waals surface area contributed by atoms with Crippen LogP contribution in [-0.2, 0) is 6.54 Å². The van der Waals surface area contributed by atoms with Crippen LogP contribution in [0, 0.1) is 0 Å². The largest absolute Gasteiger partial charge is 0.481 e. The molecule has 2 aromatic heterocycles. The van der Waals surface area contributed by atoms with E-state index < -0.39 is 0 Å². The molecule has 6 nitrogen and oxygen atoms in total. The number of fused-ring (bicyclic) bond motifs is 2. The standard InChI is InChI=1S/C16H19N5O/c1-22-16-3-2-12(7-19-16)9-21-13-6-14(21)11-20(10-13)15-8-17-4-5-18-15/h2-5,7-8,13-14H,6,9-11H2,1H3. The first-order chi connectivity index (χ1) is 10.8. The first-order valence-electron chi connectivity index (χ1n) is 7.59. The smallest absolute Gasteiger partial charge is 0.212 e. The Kier molecular flexibility index (Phi) is 3.38. The van der Waals surface area contributed by atoms with Gasteiger partial charge < -0.3 is 9.64 Å². The molecule has 0 aliphatic carbocycles. The SMILES string of the molecule is COc1ccc(CN2C3CC2CN(c2cnccn2)C3)cn1. The molecule has 5 heterocycles. The molecule has 0 radical (unpaired) electrons. The van der Waals surface area contributed by atoms with Crippen LogP contribution in [0.1, 0.15) is 12.0 Å². The van der Waals surface area contributed by atoms with Gasteiger partial charge in [-0.05, 0) is 12.0 Å². The molecule has 2 unspecified atom stereocenters. The molecule has 5 rings (SSSR count). The summed E-state index contributed by atoms with van der Waals surface area (Å²) in [5.74, 6) is 1.66. The summed E-state index contributed by atoms with van der Waals surface area (Å²) in [5.41, 5.74) is 1.24. The number of hydrogen-bond acceptors (Lipinski definition) is 6. The second-order valence-corrected chi connectivity index (χ2v) is 5.89. The fourth-order valence-electron chi connectivity index (χ4n) is 3.42. The summed E-state index contributed by atoms with van der Waals surface area (Å²) in [4.78, 5) is 17.8. The highest BCUT2D eigenvalue weighted by molar-refractivity contribution is 5.38. The molecule has 0 N–H and O–H groups in total. The third kappa shape index (κ3) is 2.39. The second kappa shape index (κ2) is 5.53. The number of nitrogens with zero attached hydrogens (tertiary/aromatic N) is 5. The quantitative estimate of drug-likeness (QED) is 0.849. The van der Waals surface area contributed by atoms with Gasteiger partial charge in [0.25, 0.3) is 0 Å². The van der Waals surface area contributed by atoms with E-state index in [1.807, 2.05) is 18.5 Å². The van der Waals surface area contributed by atoms with Crippen molar-refractivity contribution < 1.29 is 4.74 Å². The molecule has 2 bridgehead atoms. The van der Waals surface area contributed by atoms with E-state index in [4.69, 9.17) is 4.74 Å². The van der Waals surface area contributed by atoms with Gasteiger partial charge in [0.15, 0.2) is 0 Å². The Morgan fingerprint density at radius 1 is 1.14 bits per heavy atom. The van der Waals surface area contributed by atoms with Gasteiger partial charge in [-0.3, -0.25) is 9.88 Å². The van der Waals surface area contributed by atoms with Gasteiger partial charge in [0.2, 0.25) is 5.88 Å². The van der Waals surface area contributed by atoms with E-state index in [1.165, 1.54) is 12.0 Å². The number of piperazine rings is 1. The molecule has 0 aromatic carbocycles. The Morgan fingerprint density at radius 3 is 2.64 bits per heavy atom. The first-order valence-corrected chi connectivity index (χ1v) is 7.59. The zero-order chi connectivity index (χ0) is 14.9. The number of ether oxygens (including phenoxy) is 1. The van der Waals surface area contributed by atoms with Crippen LogP contribution < -0.4 is 9.64 Å². The first kappa shape index (κ1) is 13.5. The minimum atomic E-state index is 0.600. The molecule has 3 saturated heterocycles. The summed E-state index contributed by atoms with van der Waals surface area (Å²) in [5, 5.41) is 0. The maximum absolute atomic E-state index is 5.11. The lowest BCUT2D eigenvalue weighted by atomic mass is 9.87. The predicted octanol–water partition coefficient (Wildman–Crippen LogP) is 1.34. The fourth-order valence-corrected chi connectivity index (χ4v) is 3.42. The average Bonchev–Trinajstić information content (AvgIpc) is 2.61. The molecular formula is C16H19N5O. The highest BCUT2D eigenvalue weighted by Crippen LogP contribution is 2.35. The van der Waals surface area contributed by atoms with E-state index >= 15 is 0 Å². The van der Waals surface area contributed by atoms with Crippen LogP contribution in [-0.4, -0.2) is 52.1 Å². The molecule has 0 amide bonds. The van der Waals surface area contributed by atoms with E-state index in [0.717, 1.165) is 25.5 Å². The monoisotopic (exact) mass is 297 g/mol. The van der Waals surface area contributed by atoms with E-state index in [-0.39, 0.29) is 0 Å². The van der Waals surface area contributed by atoms with E-state index in [2.05, 4.69) is 30.8 Å². The lowest BCUT2D eigenvalue weighted by Crippen LogP contribution is -2.68. The Morgan fingerprint density at radius 2 is 2.00 bits per heavy atom. The maximum atomic E-state index is 5.11. The molecular weight excluding hydrogens is 278 g/mol. The average molecular weight is 297 g/mol. The normalized spacial score (nSPS) is 24.0. The number of anilines is 1. The third-order valence-corrected chi connectivity index (χ3v) is 4.59. The van der Waals surface area contributed by atoms with Crippen LogP contribution in [0.15, 0.2) is 36.9 Å². The van der Waals surface area contributed by atoms with Crippen LogP contribution in [0.2, 0.25) is 0 Å². The molecule has 2 atom stereocenters. The number of piperidine rings is 1. The van der Waals surface area contributed by atoms with Gasteiger partial charge in [0.1, 0.15) is 5.82 Å². The Hall–Kier alpha value is -2.21. The number of hydrogen-bond donors (Lipinski definition) is 0. The maximum Gasteiger partial charge on any atom is 0.212 e. The highest BCUT2D eigenvalue weighted by Gasteiger charge is 2.44. The van der Waals surface area contributed by atoms with Crippen molar-refractivity contribution in [3.63, 3.8) is 0 Å². The third-order valence-electron chi connectivity index (χ3n) is 4.59. The summed E-state index contributed by atoms with van der Waals surface area (Å²) >= 11 is 0. The van der Waals surface area contributed by atoms with E-state index in [0.29, 0.717) is 18.0 Å². The Labute approximate surface area is 129 Å². The van der Waals surface area contributed by atoms with Gasteiger partial charge in [0, 0.05) is 56.4 Å². The van der Waals surface area contributed by atoms with Gasteiger partial charge in [0.05, 0.1) is 13.3 Å². The Bertz CT molecular complexity index is 621. The van der Waals surface area contributed by atoms with Gasteiger partial charge in [-0.2, -0.15) is 0 Å². The molecule has 114 valence electrons. The van der Waals surface area contributed by atoms with Crippen LogP contribution in [0.4, 0.5) is 5.82 Å². The number of methoxy groups -OCH3 is 1. The van der Waals surface area contributed by atoms with Crippen LogP contribution >= 0.6 is 0 Å². The lowest BCUT2D eigenvalue weighted by molar-refractivity contribution is -0.00879. The number of pyridine rings is 1. The molecule has 6 heteroatoms. The lowest BCUT2D eigenvalue weighted by Gasteiger charge is -2.56. The van der Waals surface area contributed by atoms with E-state index in [1.54, 1.807) is 19.5 Å². The van der Waals surface area contributed by atoms with E-state index in [9.17, 15) is 0 Å². The predicted molar refractivity (Wildman–Crippen MR) is 82.8 cm³/mol. The molecule has 2 aromatic rings. The van der Waals surface area contributed by atoms with Crippen molar-refractivity contribution in [1.82, 2.24) is 19.9 Å². The summed E-state index contributed by atoms with van der Waals surface area (Å²) in [6.45, 7) is 3.01. The van der Waals surface area contributed by atoms with Crippen molar-refractivity contribution in [3.8, 4) is 5.88 Å². The zero-order valence-electron chi connectivity index (χ0n) is 12.6. The minimum absolute atomic E-state index is 0.600. The molecule has 22 heavy (non-hydrogen) atoms. The second-order valence-electron chi connectivity index (χ2n) is 5.89. The van der Waals surface area contributed by atoms with Gasteiger partial charge >= 0.3 is 0 Å². The zero-order valence-corrected chi connectivity index (χ0v) is 12.6.